The van der Waals surface area contributed by atoms with Gasteiger partial charge < -0.3 is 15.1 Å². The van der Waals surface area contributed by atoms with E-state index in [0.29, 0.717) is 12.1 Å². The number of piperazine rings is 1. The summed E-state index contributed by atoms with van der Waals surface area (Å²) in [6.07, 6.45) is 4.31. The van der Waals surface area contributed by atoms with Gasteiger partial charge in [0.2, 0.25) is 0 Å². The molecular formula is C19H25N5O. The molecule has 132 valence electrons. The van der Waals surface area contributed by atoms with Gasteiger partial charge in [0.1, 0.15) is 0 Å². The van der Waals surface area contributed by atoms with E-state index >= 15 is 0 Å². The van der Waals surface area contributed by atoms with Gasteiger partial charge in [-0.1, -0.05) is 6.07 Å². The Hall–Kier alpha value is -2.31. The number of nitrogens with zero attached hydrogens (tertiary/aromatic N) is 4. The zero-order valence-electron chi connectivity index (χ0n) is 14.7. The number of carbonyl (C=O) groups excluding carboxylic acids is 1. The summed E-state index contributed by atoms with van der Waals surface area (Å²) in [7, 11) is 2.16. The van der Waals surface area contributed by atoms with E-state index in [2.05, 4.69) is 32.1 Å². The number of nitrogens with one attached hydrogen (secondary N) is 1. The van der Waals surface area contributed by atoms with E-state index in [0.717, 1.165) is 50.5 Å². The lowest BCUT2D eigenvalue weighted by molar-refractivity contribution is 0.0949. The summed E-state index contributed by atoms with van der Waals surface area (Å²) in [6, 6.07) is 9.33. The molecule has 6 nitrogen and oxygen atoms in total. The van der Waals surface area contributed by atoms with Crippen LogP contribution in [0.1, 0.15) is 16.8 Å². The molecule has 2 aromatic rings. The van der Waals surface area contributed by atoms with Crippen molar-refractivity contribution in [2.45, 2.75) is 6.42 Å². The quantitative estimate of drug-likeness (QED) is 0.809. The Kier molecular flexibility index (Phi) is 6.09. The maximum Gasteiger partial charge on any atom is 0.252 e. The lowest BCUT2D eigenvalue weighted by atomic mass is 10.2. The van der Waals surface area contributed by atoms with Crippen molar-refractivity contribution in [2.75, 3.05) is 46.3 Å². The molecule has 6 heteroatoms. The number of pyridine rings is 2. The van der Waals surface area contributed by atoms with E-state index in [1.807, 2.05) is 24.3 Å². The monoisotopic (exact) mass is 339 g/mol. The average molecular weight is 339 g/mol. The number of amides is 1. The molecule has 0 bridgehead atoms. The van der Waals surface area contributed by atoms with Gasteiger partial charge in [0, 0.05) is 45.1 Å². The number of rotatable bonds is 6. The number of hydrogen-bond acceptors (Lipinski definition) is 5. The van der Waals surface area contributed by atoms with Crippen LogP contribution in [0.3, 0.4) is 0 Å². The second-order valence-corrected chi connectivity index (χ2v) is 6.40. The highest BCUT2D eigenvalue weighted by Crippen LogP contribution is 2.13. The highest BCUT2D eigenvalue weighted by atomic mass is 16.1. The Morgan fingerprint density at radius 2 is 1.88 bits per heavy atom. The van der Waals surface area contributed by atoms with Crippen LogP contribution in [0, 0.1) is 0 Å². The summed E-state index contributed by atoms with van der Waals surface area (Å²) >= 11 is 0. The molecule has 3 rings (SSSR count). The second-order valence-electron chi connectivity index (χ2n) is 6.40. The largest absolute Gasteiger partial charge is 0.352 e. The Morgan fingerprint density at radius 3 is 2.56 bits per heavy atom. The minimum absolute atomic E-state index is 0.0709. The molecule has 1 fully saturated rings. The van der Waals surface area contributed by atoms with E-state index < -0.39 is 0 Å². The lowest BCUT2D eigenvalue weighted by Crippen LogP contribution is -2.45. The van der Waals surface area contributed by atoms with Crippen LogP contribution in [0.5, 0.6) is 0 Å². The Balaban J connectivity index is 1.42. The second kappa shape index (κ2) is 8.69. The maximum absolute atomic E-state index is 12.2. The van der Waals surface area contributed by atoms with Crippen LogP contribution < -0.4 is 5.32 Å². The fourth-order valence-corrected chi connectivity index (χ4v) is 2.87. The summed E-state index contributed by atoms with van der Waals surface area (Å²) in [6.45, 7) is 6.20. The van der Waals surface area contributed by atoms with Crippen LogP contribution in [0.4, 0.5) is 0 Å². The molecule has 1 N–H and O–H groups in total. The highest BCUT2D eigenvalue weighted by molar-refractivity contribution is 5.94. The van der Waals surface area contributed by atoms with Crippen LogP contribution in [-0.2, 0) is 0 Å². The molecule has 3 heterocycles. The molecule has 1 aliphatic heterocycles. The topological polar surface area (TPSA) is 61.4 Å². The third-order valence-corrected chi connectivity index (χ3v) is 4.49. The van der Waals surface area contributed by atoms with E-state index in [-0.39, 0.29) is 5.91 Å². The van der Waals surface area contributed by atoms with Crippen LogP contribution in [-0.4, -0.2) is 72.0 Å². The predicted molar refractivity (Wildman–Crippen MR) is 98.4 cm³/mol. The summed E-state index contributed by atoms with van der Waals surface area (Å²) in [5, 5.41) is 2.97. The highest BCUT2D eigenvalue weighted by Gasteiger charge is 2.13. The minimum atomic E-state index is -0.0709. The first kappa shape index (κ1) is 17.5. The molecule has 0 aromatic carbocycles. The lowest BCUT2D eigenvalue weighted by Gasteiger charge is -2.32. The van der Waals surface area contributed by atoms with Gasteiger partial charge in [-0.15, -0.1) is 0 Å². The maximum atomic E-state index is 12.2. The van der Waals surface area contributed by atoms with E-state index in [1.54, 1.807) is 18.5 Å². The Morgan fingerprint density at radius 1 is 1.08 bits per heavy atom. The van der Waals surface area contributed by atoms with Crippen molar-refractivity contribution in [3.63, 3.8) is 0 Å². The Labute approximate surface area is 148 Å². The smallest absolute Gasteiger partial charge is 0.252 e. The number of carbonyl (C=O) groups is 1. The fourth-order valence-electron chi connectivity index (χ4n) is 2.87. The average Bonchev–Trinajstić information content (AvgIpc) is 2.67. The molecule has 0 aliphatic carbocycles. The fraction of sp³-hybridized carbons (Fsp3) is 0.421. The molecule has 25 heavy (non-hydrogen) atoms. The zero-order valence-corrected chi connectivity index (χ0v) is 14.7. The first-order chi connectivity index (χ1) is 12.2. The van der Waals surface area contributed by atoms with Gasteiger partial charge in [0.15, 0.2) is 0 Å². The van der Waals surface area contributed by atoms with Crippen molar-refractivity contribution in [1.82, 2.24) is 25.1 Å². The van der Waals surface area contributed by atoms with Crippen molar-refractivity contribution in [2.24, 2.45) is 0 Å². The van der Waals surface area contributed by atoms with Crippen molar-refractivity contribution in [3.8, 4) is 11.4 Å². The van der Waals surface area contributed by atoms with Gasteiger partial charge in [0.05, 0.1) is 17.0 Å². The SMILES string of the molecule is CN1CCN(CCCNC(=O)c2ccc(-c3ccccn3)nc2)CC1. The number of aromatic nitrogens is 2. The molecule has 0 atom stereocenters. The van der Waals surface area contributed by atoms with Crippen LogP contribution in [0.25, 0.3) is 11.4 Å². The molecule has 0 spiro atoms. The zero-order chi connectivity index (χ0) is 17.5. The van der Waals surface area contributed by atoms with Crippen LogP contribution >= 0.6 is 0 Å². The van der Waals surface area contributed by atoms with E-state index in [9.17, 15) is 4.79 Å². The first-order valence-electron chi connectivity index (χ1n) is 8.79. The summed E-state index contributed by atoms with van der Waals surface area (Å²) in [5.41, 5.74) is 2.16. The molecule has 1 aliphatic rings. The van der Waals surface area contributed by atoms with Gasteiger partial charge >= 0.3 is 0 Å². The van der Waals surface area contributed by atoms with Gasteiger partial charge in [-0.25, -0.2) is 0 Å². The molecule has 0 unspecified atom stereocenters. The number of hydrogen-bond donors (Lipinski definition) is 1. The molecular weight excluding hydrogens is 314 g/mol. The normalized spacial score (nSPS) is 15.9. The molecule has 0 saturated carbocycles. The third kappa shape index (κ3) is 5.08. The number of likely N-dealkylation sites (N-methyl/N-ethyl adjacent to an activating group) is 1. The van der Waals surface area contributed by atoms with Gasteiger partial charge in [0.25, 0.3) is 5.91 Å². The van der Waals surface area contributed by atoms with Gasteiger partial charge in [-0.2, -0.15) is 0 Å². The van der Waals surface area contributed by atoms with Gasteiger partial charge in [-0.05, 0) is 44.3 Å². The van der Waals surface area contributed by atoms with Crippen LogP contribution in [0.2, 0.25) is 0 Å². The molecule has 0 radical (unpaired) electrons. The predicted octanol–water partition coefficient (Wildman–Crippen LogP) is 1.51. The standard InChI is InChI=1S/C19H25N5O/c1-23-11-13-24(14-12-23)10-4-9-21-19(25)16-6-7-18(22-15-16)17-5-2-3-8-20-17/h2-3,5-8,15H,4,9-14H2,1H3,(H,21,25). The summed E-state index contributed by atoms with van der Waals surface area (Å²) < 4.78 is 0. The third-order valence-electron chi connectivity index (χ3n) is 4.49. The van der Waals surface area contributed by atoms with Crippen molar-refractivity contribution in [3.05, 3.63) is 48.3 Å². The molecule has 1 saturated heterocycles. The van der Waals surface area contributed by atoms with Gasteiger partial charge in [-0.3, -0.25) is 14.8 Å². The first-order valence-corrected chi connectivity index (χ1v) is 8.79. The Bertz CT molecular complexity index is 666. The van der Waals surface area contributed by atoms with E-state index in [1.165, 1.54) is 0 Å². The molecule has 1 amide bonds. The van der Waals surface area contributed by atoms with Crippen molar-refractivity contribution < 1.29 is 4.79 Å². The summed E-state index contributed by atoms with van der Waals surface area (Å²) in [5.74, 6) is -0.0709. The summed E-state index contributed by atoms with van der Waals surface area (Å²) in [4.78, 5) is 25.6. The molecule has 2 aromatic heterocycles. The van der Waals surface area contributed by atoms with E-state index in [4.69, 9.17) is 0 Å². The van der Waals surface area contributed by atoms with Crippen molar-refractivity contribution >= 4 is 5.91 Å². The van der Waals surface area contributed by atoms with Crippen molar-refractivity contribution in [1.29, 1.82) is 0 Å². The van der Waals surface area contributed by atoms with Crippen LogP contribution in [0.15, 0.2) is 42.7 Å². The minimum Gasteiger partial charge on any atom is -0.352 e.